The van der Waals surface area contributed by atoms with E-state index in [0.29, 0.717) is 5.41 Å². The third-order valence-electron chi connectivity index (χ3n) is 2.38. The van der Waals surface area contributed by atoms with Crippen molar-refractivity contribution in [1.82, 2.24) is 0 Å². The summed E-state index contributed by atoms with van der Waals surface area (Å²) in [5.74, 6) is 0. The molecule has 0 aromatic carbocycles. The molecule has 1 nitrogen and oxygen atoms in total. The Morgan fingerprint density at radius 1 is 1.55 bits per heavy atom. The van der Waals surface area contributed by atoms with Crippen molar-refractivity contribution in [3.63, 3.8) is 0 Å². The van der Waals surface area contributed by atoms with E-state index < -0.39 is 0 Å². The molecular formula is C8H12ClNS. The molecule has 2 N–H and O–H groups in total. The summed E-state index contributed by atoms with van der Waals surface area (Å²) in [4.78, 5) is 0. The highest BCUT2D eigenvalue weighted by atomic mass is 35.5. The maximum atomic E-state index is 5.66. The monoisotopic (exact) mass is 189 g/mol. The maximum Gasteiger partial charge on any atom is 0.00844 e. The molecule has 2 rings (SSSR count). The number of hydrogen-bond donors (Lipinski definition) is 1. The molecule has 0 amide bonds. The number of halogens is 1. The van der Waals surface area contributed by atoms with Gasteiger partial charge in [0.1, 0.15) is 0 Å². The van der Waals surface area contributed by atoms with Gasteiger partial charge in [-0.2, -0.15) is 11.3 Å². The van der Waals surface area contributed by atoms with Gasteiger partial charge >= 0.3 is 0 Å². The average Bonchev–Trinajstić information content (AvgIpc) is 2.58. The van der Waals surface area contributed by atoms with Crippen LogP contribution in [0.1, 0.15) is 18.4 Å². The van der Waals surface area contributed by atoms with Crippen molar-refractivity contribution in [1.29, 1.82) is 0 Å². The molecule has 0 radical (unpaired) electrons. The molecule has 0 atom stereocenters. The van der Waals surface area contributed by atoms with Gasteiger partial charge in [0, 0.05) is 12.0 Å². The van der Waals surface area contributed by atoms with Gasteiger partial charge in [-0.1, -0.05) is 0 Å². The number of rotatable bonds is 2. The molecule has 0 aliphatic heterocycles. The molecule has 1 heterocycles. The van der Waals surface area contributed by atoms with Gasteiger partial charge in [0.25, 0.3) is 0 Å². The Morgan fingerprint density at radius 2 is 2.27 bits per heavy atom. The largest absolute Gasteiger partial charge is 0.330 e. The van der Waals surface area contributed by atoms with Gasteiger partial charge in [-0.3, -0.25) is 0 Å². The molecule has 1 aliphatic carbocycles. The van der Waals surface area contributed by atoms with Crippen LogP contribution in [0, 0.1) is 0 Å². The lowest BCUT2D eigenvalue weighted by molar-refractivity contribution is 0.708. The minimum absolute atomic E-state index is 0. The lowest BCUT2D eigenvalue weighted by Crippen LogP contribution is -2.18. The summed E-state index contributed by atoms with van der Waals surface area (Å²) >= 11 is 1.77. The molecule has 1 aliphatic rings. The molecule has 1 aromatic rings. The zero-order chi connectivity index (χ0) is 7.03. The van der Waals surface area contributed by atoms with E-state index >= 15 is 0 Å². The SMILES string of the molecule is Cl.NCC1(c2ccsc2)CC1. The standard InChI is InChI=1S/C8H11NS.ClH/c9-6-8(2-3-8)7-1-4-10-5-7;/h1,4-5H,2-3,6,9H2;1H. The van der Waals surface area contributed by atoms with Crippen molar-refractivity contribution in [2.45, 2.75) is 18.3 Å². The molecular weight excluding hydrogens is 178 g/mol. The van der Waals surface area contributed by atoms with E-state index in [4.69, 9.17) is 5.73 Å². The van der Waals surface area contributed by atoms with Crippen molar-refractivity contribution < 1.29 is 0 Å². The van der Waals surface area contributed by atoms with E-state index in [1.54, 1.807) is 11.3 Å². The quantitative estimate of drug-likeness (QED) is 0.758. The molecule has 0 saturated heterocycles. The van der Waals surface area contributed by atoms with E-state index in [1.165, 1.54) is 18.4 Å². The third-order valence-corrected chi connectivity index (χ3v) is 3.06. The molecule has 1 saturated carbocycles. The van der Waals surface area contributed by atoms with Crippen molar-refractivity contribution in [3.05, 3.63) is 22.4 Å². The van der Waals surface area contributed by atoms with Crippen molar-refractivity contribution in [2.75, 3.05) is 6.54 Å². The van der Waals surface area contributed by atoms with E-state index in [9.17, 15) is 0 Å². The zero-order valence-electron chi connectivity index (χ0n) is 6.25. The van der Waals surface area contributed by atoms with Crippen molar-refractivity contribution >= 4 is 23.7 Å². The molecule has 3 heteroatoms. The summed E-state index contributed by atoms with van der Waals surface area (Å²) in [6.45, 7) is 0.823. The summed E-state index contributed by atoms with van der Waals surface area (Å²) in [6.07, 6.45) is 2.58. The average molecular weight is 190 g/mol. The fraction of sp³-hybridized carbons (Fsp3) is 0.500. The lowest BCUT2D eigenvalue weighted by Gasteiger charge is -2.08. The second-order valence-electron chi connectivity index (χ2n) is 3.00. The third kappa shape index (κ3) is 1.43. The molecule has 1 aromatic heterocycles. The number of nitrogens with two attached hydrogens (primary N) is 1. The first-order chi connectivity index (χ1) is 4.87. The Bertz CT molecular complexity index is 216. The fourth-order valence-corrected chi connectivity index (χ4v) is 2.11. The first kappa shape index (κ1) is 9.04. The van der Waals surface area contributed by atoms with Crippen LogP contribution in [0.25, 0.3) is 0 Å². The van der Waals surface area contributed by atoms with Crippen LogP contribution in [-0.2, 0) is 5.41 Å². The summed E-state index contributed by atoms with van der Waals surface area (Å²) in [6, 6.07) is 2.20. The van der Waals surface area contributed by atoms with Crippen LogP contribution in [-0.4, -0.2) is 6.54 Å². The Balaban J connectivity index is 0.000000605. The lowest BCUT2D eigenvalue weighted by atomic mass is 10.0. The number of thiophene rings is 1. The van der Waals surface area contributed by atoms with Gasteiger partial charge in [-0.25, -0.2) is 0 Å². The first-order valence-electron chi connectivity index (χ1n) is 3.60. The Morgan fingerprint density at radius 3 is 2.64 bits per heavy atom. The highest BCUT2D eigenvalue weighted by molar-refractivity contribution is 7.08. The minimum atomic E-state index is 0. The van der Waals surface area contributed by atoms with E-state index in [1.807, 2.05) is 0 Å². The van der Waals surface area contributed by atoms with Gasteiger partial charge in [0.05, 0.1) is 0 Å². The van der Waals surface area contributed by atoms with Crippen molar-refractivity contribution in [2.24, 2.45) is 5.73 Å². The Kier molecular flexibility index (Phi) is 2.58. The van der Waals surface area contributed by atoms with Crippen LogP contribution in [0.3, 0.4) is 0 Å². The molecule has 0 unspecified atom stereocenters. The molecule has 0 bridgehead atoms. The Hall–Kier alpha value is -0.0500. The summed E-state index contributed by atoms with van der Waals surface area (Å²) in [5.41, 5.74) is 7.53. The topological polar surface area (TPSA) is 26.0 Å². The maximum absolute atomic E-state index is 5.66. The smallest absolute Gasteiger partial charge is 0.00844 e. The zero-order valence-corrected chi connectivity index (χ0v) is 7.88. The van der Waals surface area contributed by atoms with E-state index in [-0.39, 0.29) is 12.4 Å². The van der Waals surface area contributed by atoms with Crippen LogP contribution < -0.4 is 5.73 Å². The summed E-state index contributed by atoms with van der Waals surface area (Å²) in [7, 11) is 0. The van der Waals surface area contributed by atoms with Gasteiger partial charge in [-0.15, -0.1) is 12.4 Å². The minimum Gasteiger partial charge on any atom is -0.330 e. The van der Waals surface area contributed by atoms with Crippen LogP contribution >= 0.6 is 23.7 Å². The van der Waals surface area contributed by atoms with Crippen LogP contribution in [0.2, 0.25) is 0 Å². The predicted octanol–water partition coefficient (Wildman–Crippen LogP) is 2.16. The number of hydrogen-bond acceptors (Lipinski definition) is 2. The second kappa shape index (κ2) is 3.13. The van der Waals surface area contributed by atoms with Gasteiger partial charge in [0.15, 0.2) is 0 Å². The van der Waals surface area contributed by atoms with Crippen LogP contribution in [0.5, 0.6) is 0 Å². The summed E-state index contributed by atoms with van der Waals surface area (Å²) < 4.78 is 0. The highest BCUT2D eigenvalue weighted by Gasteiger charge is 2.42. The molecule has 62 valence electrons. The highest BCUT2D eigenvalue weighted by Crippen LogP contribution is 2.47. The normalized spacial score (nSPS) is 19.0. The fourth-order valence-electron chi connectivity index (χ4n) is 1.33. The van der Waals surface area contributed by atoms with Crippen molar-refractivity contribution in [3.8, 4) is 0 Å². The Labute approximate surface area is 77.0 Å². The van der Waals surface area contributed by atoms with Gasteiger partial charge in [0.2, 0.25) is 0 Å². The molecule has 1 fully saturated rings. The second-order valence-corrected chi connectivity index (χ2v) is 3.78. The van der Waals surface area contributed by atoms with Crippen LogP contribution in [0.4, 0.5) is 0 Å². The van der Waals surface area contributed by atoms with E-state index in [2.05, 4.69) is 16.8 Å². The first-order valence-corrected chi connectivity index (χ1v) is 4.54. The van der Waals surface area contributed by atoms with Crippen LogP contribution in [0.15, 0.2) is 16.8 Å². The predicted molar refractivity (Wildman–Crippen MR) is 51.5 cm³/mol. The van der Waals surface area contributed by atoms with Gasteiger partial charge in [-0.05, 0) is 35.2 Å². The summed E-state index contributed by atoms with van der Waals surface area (Å²) in [5, 5.41) is 4.35. The van der Waals surface area contributed by atoms with Gasteiger partial charge < -0.3 is 5.73 Å². The molecule has 11 heavy (non-hydrogen) atoms. The van der Waals surface area contributed by atoms with E-state index in [0.717, 1.165) is 6.54 Å². The molecule has 0 spiro atoms.